The van der Waals surface area contributed by atoms with Gasteiger partial charge < -0.3 is 5.32 Å². The van der Waals surface area contributed by atoms with Gasteiger partial charge in [-0.1, -0.05) is 25.8 Å². The van der Waals surface area contributed by atoms with Gasteiger partial charge in [0.25, 0.3) is 0 Å². The average Bonchev–Trinajstić information content (AvgIpc) is 2.11. The van der Waals surface area contributed by atoms with E-state index in [-0.39, 0.29) is 11.4 Å². The van der Waals surface area contributed by atoms with Gasteiger partial charge in [-0.25, -0.2) is 0 Å². The largest absolute Gasteiger partial charge is 0.306 e. The van der Waals surface area contributed by atoms with E-state index < -0.39 is 0 Å². The number of nitrogens with one attached hydrogen (secondary N) is 1. The lowest BCUT2D eigenvalue weighted by Crippen LogP contribution is -2.30. The second-order valence-corrected chi connectivity index (χ2v) is 3.81. The van der Waals surface area contributed by atoms with Crippen LogP contribution in [0.2, 0.25) is 0 Å². The Kier molecular flexibility index (Phi) is 5.76. The molecule has 0 fully saturated rings. The monoisotopic (exact) mass is 199 g/mol. The van der Waals surface area contributed by atoms with Crippen LogP contribution in [0.15, 0.2) is 37.0 Å². The first-order chi connectivity index (χ1) is 5.99. The predicted molar refractivity (Wildman–Crippen MR) is 61.3 cm³/mol. The van der Waals surface area contributed by atoms with E-state index in [4.69, 9.17) is 11.6 Å². The standard InChI is InChI=1S/C11H18ClN/c1-6-8(2)11(5)13-7-9(3)10(4)12/h6,10-11,13H,1-3,7H2,4-5H3. The first-order valence-electron chi connectivity index (χ1n) is 4.35. The van der Waals surface area contributed by atoms with Crippen molar-refractivity contribution in [2.45, 2.75) is 25.3 Å². The van der Waals surface area contributed by atoms with E-state index in [1.54, 1.807) is 6.08 Å². The third-order valence-electron chi connectivity index (χ3n) is 2.02. The van der Waals surface area contributed by atoms with Gasteiger partial charge in [0.1, 0.15) is 0 Å². The van der Waals surface area contributed by atoms with Gasteiger partial charge in [0, 0.05) is 12.6 Å². The molecule has 0 aliphatic heterocycles. The molecule has 13 heavy (non-hydrogen) atoms. The van der Waals surface area contributed by atoms with Crippen molar-refractivity contribution in [2.24, 2.45) is 0 Å². The highest BCUT2D eigenvalue weighted by Crippen LogP contribution is 2.06. The van der Waals surface area contributed by atoms with Crippen molar-refractivity contribution in [1.29, 1.82) is 0 Å². The molecule has 74 valence electrons. The zero-order valence-corrected chi connectivity index (χ0v) is 9.19. The van der Waals surface area contributed by atoms with Crippen LogP contribution in [-0.2, 0) is 0 Å². The highest BCUT2D eigenvalue weighted by Gasteiger charge is 2.05. The van der Waals surface area contributed by atoms with Gasteiger partial charge in [-0.15, -0.1) is 11.6 Å². The molecule has 0 radical (unpaired) electrons. The van der Waals surface area contributed by atoms with Gasteiger partial charge in [-0.2, -0.15) is 0 Å². The molecule has 1 N–H and O–H groups in total. The first-order valence-corrected chi connectivity index (χ1v) is 4.79. The molecule has 2 unspecified atom stereocenters. The summed E-state index contributed by atoms with van der Waals surface area (Å²) in [4.78, 5) is 0. The van der Waals surface area contributed by atoms with Crippen LogP contribution in [0.25, 0.3) is 0 Å². The maximum absolute atomic E-state index is 5.84. The molecular weight excluding hydrogens is 182 g/mol. The molecule has 0 amide bonds. The summed E-state index contributed by atoms with van der Waals surface area (Å²) in [5.74, 6) is 0. The maximum Gasteiger partial charge on any atom is 0.0526 e. The predicted octanol–water partition coefficient (Wildman–Crippen LogP) is 2.89. The zero-order valence-electron chi connectivity index (χ0n) is 8.44. The first kappa shape index (κ1) is 12.5. The minimum absolute atomic E-state index is 0.0108. The molecule has 0 aromatic heterocycles. The smallest absolute Gasteiger partial charge is 0.0526 e. The molecule has 0 aliphatic carbocycles. The Balaban J connectivity index is 3.82. The Bertz CT molecular complexity index is 206. The van der Waals surface area contributed by atoms with E-state index >= 15 is 0 Å². The fraction of sp³-hybridized carbons (Fsp3) is 0.455. The molecule has 0 bridgehead atoms. The van der Waals surface area contributed by atoms with Crippen molar-refractivity contribution in [2.75, 3.05) is 6.54 Å². The van der Waals surface area contributed by atoms with E-state index in [0.29, 0.717) is 0 Å². The molecule has 0 heterocycles. The summed E-state index contributed by atoms with van der Waals surface area (Å²) in [5.41, 5.74) is 1.97. The summed E-state index contributed by atoms with van der Waals surface area (Å²) in [5, 5.41) is 3.27. The Labute approximate surface area is 86.2 Å². The number of hydrogen-bond acceptors (Lipinski definition) is 1. The molecule has 0 spiro atoms. The molecule has 2 atom stereocenters. The zero-order chi connectivity index (χ0) is 10.4. The molecule has 0 rings (SSSR count). The van der Waals surface area contributed by atoms with Crippen LogP contribution in [0.5, 0.6) is 0 Å². The van der Waals surface area contributed by atoms with E-state index in [1.165, 1.54) is 0 Å². The molecule has 0 saturated carbocycles. The number of rotatable bonds is 6. The average molecular weight is 200 g/mol. The summed E-state index contributed by atoms with van der Waals surface area (Å²) in [6, 6.07) is 0.227. The maximum atomic E-state index is 5.84. The highest BCUT2D eigenvalue weighted by molar-refractivity contribution is 6.22. The second kappa shape index (κ2) is 6.01. The van der Waals surface area contributed by atoms with Crippen molar-refractivity contribution in [3.8, 4) is 0 Å². The van der Waals surface area contributed by atoms with Crippen LogP contribution in [0.4, 0.5) is 0 Å². The lowest BCUT2D eigenvalue weighted by Gasteiger charge is -2.16. The Morgan fingerprint density at radius 1 is 1.46 bits per heavy atom. The number of halogens is 1. The van der Waals surface area contributed by atoms with Crippen LogP contribution < -0.4 is 5.32 Å². The minimum Gasteiger partial charge on any atom is -0.306 e. The van der Waals surface area contributed by atoms with Crippen molar-refractivity contribution >= 4 is 11.6 Å². The van der Waals surface area contributed by atoms with E-state index in [0.717, 1.165) is 17.7 Å². The minimum atomic E-state index is 0.0108. The van der Waals surface area contributed by atoms with E-state index in [9.17, 15) is 0 Å². The van der Waals surface area contributed by atoms with Gasteiger partial charge in [0.2, 0.25) is 0 Å². The van der Waals surface area contributed by atoms with Gasteiger partial charge in [0.15, 0.2) is 0 Å². The van der Waals surface area contributed by atoms with Crippen LogP contribution >= 0.6 is 11.6 Å². The van der Waals surface area contributed by atoms with Crippen LogP contribution in [-0.4, -0.2) is 18.0 Å². The summed E-state index contributed by atoms with van der Waals surface area (Å²) in [6.45, 7) is 16.0. The summed E-state index contributed by atoms with van der Waals surface area (Å²) >= 11 is 5.84. The molecule has 1 nitrogen and oxygen atoms in total. The molecule has 0 aromatic rings. The van der Waals surface area contributed by atoms with Crippen molar-refractivity contribution in [1.82, 2.24) is 5.32 Å². The quantitative estimate of drug-likeness (QED) is 0.394. The lowest BCUT2D eigenvalue weighted by molar-refractivity contribution is 0.648. The van der Waals surface area contributed by atoms with Crippen LogP contribution in [0, 0.1) is 0 Å². The fourth-order valence-corrected chi connectivity index (χ4v) is 0.810. The Morgan fingerprint density at radius 3 is 2.38 bits per heavy atom. The van der Waals surface area contributed by atoms with Crippen molar-refractivity contribution in [3.63, 3.8) is 0 Å². The van der Waals surface area contributed by atoms with Crippen LogP contribution in [0.1, 0.15) is 13.8 Å². The normalized spacial score (nSPS) is 14.7. The summed E-state index contributed by atoms with van der Waals surface area (Å²) in [7, 11) is 0. The molecule has 0 saturated heterocycles. The van der Waals surface area contributed by atoms with Gasteiger partial charge in [-0.3, -0.25) is 0 Å². The van der Waals surface area contributed by atoms with Crippen LogP contribution in [0.3, 0.4) is 0 Å². The number of hydrogen-bond donors (Lipinski definition) is 1. The van der Waals surface area contributed by atoms with Crippen molar-refractivity contribution in [3.05, 3.63) is 37.0 Å². The summed E-state index contributed by atoms with van der Waals surface area (Å²) < 4.78 is 0. The third-order valence-corrected chi connectivity index (χ3v) is 2.32. The third kappa shape index (κ3) is 4.91. The van der Waals surface area contributed by atoms with E-state index in [1.807, 2.05) is 13.8 Å². The Morgan fingerprint density at radius 2 is 2.00 bits per heavy atom. The lowest BCUT2D eigenvalue weighted by atomic mass is 10.1. The molecule has 0 aromatic carbocycles. The highest BCUT2D eigenvalue weighted by atomic mass is 35.5. The topological polar surface area (TPSA) is 12.0 Å². The SMILES string of the molecule is C=CC(=C)C(C)NCC(=C)C(C)Cl. The van der Waals surface area contributed by atoms with Gasteiger partial charge in [-0.05, 0) is 25.0 Å². The van der Waals surface area contributed by atoms with Gasteiger partial charge in [0.05, 0.1) is 5.38 Å². The van der Waals surface area contributed by atoms with Crippen molar-refractivity contribution < 1.29 is 0 Å². The Hall–Kier alpha value is -0.530. The van der Waals surface area contributed by atoms with E-state index in [2.05, 4.69) is 25.1 Å². The fourth-order valence-electron chi connectivity index (χ4n) is 0.733. The molecule has 0 aliphatic rings. The molecule has 2 heteroatoms. The van der Waals surface area contributed by atoms with Gasteiger partial charge >= 0.3 is 0 Å². The number of alkyl halides is 1. The summed E-state index contributed by atoms with van der Waals surface area (Å²) in [6.07, 6.45) is 1.75. The second-order valence-electron chi connectivity index (χ2n) is 3.16. The molecular formula is C11H18ClN.